The number of anilines is 1. The number of ether oxygens (including phenoxy) is 2. The Labute approximate surface area is 201 Å². The summed E-state index contributed by atoms with van der Waals surface area (Å²) in [5.74, 6) is -0.794. The standard InChI is InChI=1S/C26H23FN4O4/c1-16-20(26(2,3)33)14-31-23(16)24(18(12-28)13-29-31)35-22-10-9-19(11-21(22)27)30-25(32)34-15-17-7-5-4-6-8-17/h4-11,13-14,33H,15H2,1-3H3,(H,30,32). The Morgan fingerprint density at radius 2 is 2.00 bits per heavy atom. The molecule has 0 saturated carbocycles. The summed E-state index contributed by atoms with van der Waals surface area (Å²) in [6.07, 6.45) is 2.22. The molecule has 0 saturated heterocycles. The summed E-state index contributed by atoms with van der Waals surface area (Å²) in [5.41, 5.74) is 1.63. The summed E-state index contributed by atoms with van der Waals surface area (Å²) in [7, 11) is 0. The van der Waals surface area contributed by atoms with E-state index in [0.717, 1.165) is 11.6 Å². The van der Waals surface area contributed by atoms with Gasteiger partial charge in [-0.05, 0) is 44.0 Å². The largest absolute Gasteiger partial charge is 0.451 e. The van der Waals surface area contributed by atoms with Gasteiger partial charge in [-0.25, -0.2) is 13.7 Å². The van der Waals surface area contributed by atoms with Crippen molar-refractivity contribution in [3.8, 4) is 17.6 Å². The number of amides is 1. The Morgan fingerprint density at radius 3 is 2.66 bits per heavy atom. The topological polar surface area (TPSA) is 109 Å². The van der Waals surface area contributed by atoms with Crippen LogP contribution in [-0.4, -0.2) is 20.8 Å². The zero-order chi connectivity index (χ0) is 25.2. The van der Waals surface area contributed by atoms with Crippen molar-refractivity contribution in [2.45, 2.75) is 33.0 Å². The lowest BCUT2D eigenvalue weighted by Gasteiger charge is -2.16. The van der Waals surface area contributed by atoms with E-state index in [-0.39, 0.29) is 29.4 Å². The number of rotatable bonds is 6. The highest BCUT2D eigenvalue weighted by Gasteiger charge is 2.25. The summed E-state index contributed by atoms with van der Waals surface area (Å²) in [4.78, 5) is 12.1. The van der Waals surface area contributed by atoms with E-state index in [2.05, 4.69) is 10.4 Å². The molecule has 0 fully saturated rings. The van der Waals surface area contributed by atoms with Gasteiger partial charge in [0.05, 0.1) is 11.8 Å². The fourth-order valence-corrected chi connectivity index (χ4v) is 3.70. The van der Waals surface area contributed by atoms with Crippen molar-refractivity contribution >= 4 is 17.3 Å². The number of nitrogens with zero attached hydrogens (tertiary/aromatic N) is 3. The molecule has 4 aromatic rings. The van der Waals surface area contributed by atoms with Crippen LogP contribution < -0.4 is 10.1 Å². The van der Waals surface area contributed by atoms with Gasteiger partial charge in [0, 0.05) is 23.5 Å². The Kier molecular flexibility index (Phi) is 6.40. The molecule has 2 aromatic heterocycles. The molecule has 35 heavy (non-hydrogen) atoms. The molecule has 178 valence electrons. The van der Waals surface area contributed by atoms with Gasteiger partial charge in [0.15, 0.2) is 17.3 Å². The molecule has 4 rings (SSSR count). The number of carbonyl (C=O) groups is 1. The number of hydrogen-bond acceptors (Lipinski definition) is 6. The van der Waals surface area contributed by atoms with E-state index in [1.54, 1.807) is 27.0 Å². The van der Waals surface area contributed by atoms with Gasteiger partial charge in [-0.15, -0.1) is 0 Å². The molecule has 2 aromatic carbocycles. The third-order valence-electron chi connectivity index (χ3n) is 5.39. The lowest BCUT2D eigenvalue weighted by molar-refractivity contribution is 0.0780. The number of aromatic nitrogens is 2. The van der Waals surface area contributed by atoms with Gasteiger partial charge in [-0.1, -0.05) is 30.3 Å². The zero-order valence-corrected chi connectivity index (χ0v) is 19.4. The second-order valence-corrected chi connectivity index (χ2v) is 8.45. The summed E-state index contributed by atoms with van der Waals surface area (Å²) >= 11 is 0. The van der Waals surface area contributed by atoms with Crippen LogP contribution >= 0.6 is 0 Å². The highest BCUT2D eigenvalue weighted by molar-refractivity contribution is 5.84. The summed E-state index contributed by atoms with van der Waals surface area (Å²) < 4.78 is 27.4. The molecule has 8 nitrogen and oxygen atoms in total. The number of nitriles is 1. The van der Waals surface area contributed by atoms with Crippen LogP contribution in [0.15, 0.2) is 60.9 Å². The number of aryl methyl sites for hydroxylation is 1. The van der Waals surface area contributed by atoms with Crippen molar-refractivity contribution in [3.63, 3.8) is 0 Å². The molecular weight excluding hydrogens is 451 g/mol. The SMILES string of the molecule is Cc1c(C(C)(C)O)cn2ncc(C#N)c(Oc3ccc(NC(=O)OCc4ccccc4)cc3F)c12. The summed E-state index contributed by atoms with van der Waals surface area (Å²) in [5, 5.41) is 26.7. The number of aliphatic hydroxyl groups is 1. The quantitative estimate of drug-likeness (QED) is 0.386. The van der Waals surface area contributed by atoms with Gasteiger partial charge in [0.25, 0.3) is 0 Å². The highest BCUT2D eigenvalue weighted by Crippen LogP contribution is 2.37. The Balaban J connectivity index is 1.57. The Bertz CT molecular complexity index is 1440. The summed E-state index contributed by atoms with van der Waals surface area (Å²) in [6, 6.07) is 15.1. The molecule has 2 N–H and O–H groups in total. The molecule has 0 atom stereocenters. The maximum Gasteiger partial charge on any atom is 0.411 e. The Hall–Kier alpha value is -4.42. The average molecular weight is 474 g/mol. The van der Waals surface area contributed by atoms with E-state index in [1.165, 1.54) is 22.8 Å². The number of carbonyl (C=O) groups excluding carboxylic acids is 1. The molecule has 0 aliphatic heterocycles. The normalized spacial score (nSPS) is 11.2. The van der Waals surface area contributed by atoms with Crippen LogP contribution in [0.25, 0.3) is 5.52 Å². The maximum absolute atomic E-state index is 14.9. The highest BCUT2D eigenvalue weighted by atomic mass is 19.1. The van der Waals surface area contributed by atoms with E-state index in [4.69, 9.17) is 9.47 Å². The second-order valence-electron chi connectivity index (χ2n) is 8.45. The van der Waals surface area contributed by atoms with Crippen LogP contribution in [0.3, 0.4) is 0 Å². The van der Waals surface area contributed by atoms with Crippen LogP contribution in [0.5, 0.6) is 11.5 Å². The van der Waals surface area contributed by atoms with Gasteiger partial charge >= 0.3 is 6.09 Å². The number of hydrogen-bond donors (Lipinski definition) is 2. The fourth-order valence-electron chi connectivity index (χ4n) is 3.70. The van der Waals surface area contributed by atoms with Crippen LogP contribution in [0.4, 0.5) is 14.9 Å². The minimum absolute atomic E-state index is 0.0780. The number of fused-ring (bicyclic) bond motifs is 1. The minimum Gasteiger partial charge on any atom is -0.451 e. The predicted molar refractivity (Wildman–Crippen MR) is 127 cm³/mol. The van der Waals surface area contributed by atoms with Crippen molar-refractivity contribution in [3.05, 3.63) is 89.0 Å². The van der Waals surface area contributed by atoms with E-state index in [0.29, 0.717) is 16.6 Å². The molecular formula is C26H23FN4O4. The maximum atomic E-state index is 14.9. The first-order valence-corrected chi connectivity index (χ1v) is 10.8. The third-order valence-corrected chi connectivity index (χ3v) is 5.39. The van der Waals surface area contributed by atoms with Gasteiger partial charge in [-0.2, -0.15) is 10.4 Å². The molecule has 9 heteroatoms. The van der Waals surface area contributed by atoms with Crippen LogP contribution in [0.1, 0.15) is 36.1 Å². The first-order valence-electron chi connectivity index (χ1n) is 10.8. The molecule has 0 radical (unpaired) electrons. The van der Waals surface area contributed by atoms with Crippen molar-refractivity contribution in [2.24, 2.45) is 0 Å². The molecule has 0 spiro atoms. The number of halogens is 1. The lowest BCUT2D eigenvalue weighted by Crippen LogP contribution is -2.15. The average Bonchev–Trinajstić information content (AvgIpc) is 3.17. The zero-order valence-electron chi connectivity index (χ0n) is 19.4. The van der Waals surface area contributed by atoms with Crippen LogP contribution in [0, 0.1) is 24.1 Å². The second kappa shape index (κ2) is 9.44. The molecule has 1 amide bonds. The molecule has 2 heterocycles. The number of nitrogens with one attached hydrogen (secondary N) is 1. The van der Waals surface area contributed by atoms with Crippen LogP contribution in [0.2, 0.25) is 0 Å². The molecule has 0 bridgehead atoms. The fraction of sp³-hybridized carbons (Fsp3) is 0.192. The van der Waals surface area contributed by atoms with Gasteiger partial charge < -0.3 is 14.6 Å². The van der Waals surface area contributed by atoms with E-state index in [1.807, 2.05) is 36.4 Å². The number of benzene rings is 2. The summed E-state index contributed by atoms with van der Waals surface area (Å²) in [6.45, 7) is 5.12. The molecule has 0 aliphatic rings. The van der Waals surface area contributed by atoms with Crippen molar-refractivity contribution in [1.29, 1.82) is 5.26 Å². The van der Waals surface area contributed by atoms with Crippen molar-refractivity contribution in [1.82, 2.24) is 9.61 Å². The lowest BCUT2D eigenvalue weighted by atomic mass is 9.97. The van der Waals surface area contributed by atoms with E-state index in [9.17, 15) is 19.6 Å². The molecule has 0 unspecified atom stereocenters. The first-order chi connectivity index (χ1) is 16.7. The van der Waals surface area contributed by atoms with Gasteiger partial charge in [-0.3, -0.25) is 5.32 Å². The van der Waals surface area contributed by atoms with Gasteiger partial charge in [0.2, 0.25) is 0 Å². The predicted octanol–water partition coefficient (Wildman–Crippen LogP) is 5.42. The third kappa shape index (κ3) is 5.08. The van der Waals surface area contributed by atoms with E-state index < -0.39 is 17.5 Å². The van der Waals surface area contributed by atoms with Gasteiger partial charge in [0.1, 0.15) is 23.8 Å². The van der Waals surface area contributed by atoms with Crippen molar-refractivity contribution in [2.75, 3.05) is 5.32 Å². The first kappa shape index (κ1) is 23.7. The Morgan fingerprint density at radius 1 is 1.26 bits per heavy atom. The van der Waals surface area contributed by atoms with Crippen LogP contribution in [-0.2, 0) is 16.9 Å². The monoisotopic (exact) mass is 474 g/mol. The van der Waals surface area contributed by atoms with E-state index >= 15 is 0 Å². The minimum atomic E-state index is -1.16. The molecule has 0 aliphatic carbocycles. The smallest absolute Gasteiger partial charge is 0.411 e. The van der Waals surface area contributed by atoms with Crippen molar-refractivity contribution < 1.29 is 23.8 Å².